The minimum Gasteiger partial charge on any atom is -0.416 e. The van der Waals surface area contributed by atoms with Crippen molar-refractivity contribution in [1.82, 2.24) is 41.1 Å². The molecule has 0 bridgehead atoms. The highest BCUT2D eigenvalue weighted by Crippen LogP contribution is 2.40. The van der Waals surface area contributed by atoms with E-state index in [1.54, 1.807) is 12.7 Å². The molecule has 9 N–H and O–H groups in total. The molecule has 2 aliphatic rings. The van der Waals surface area contributed by atoms with Crippen LogP contribution in [0.4, 0.5) is 0 Å². The Labute approximate surface area is 340 Å². The van der Waals surface area contributed by atoms with Crippen molar-refractivity contribution in [2.75, 3.05) is 26.4 Å². The highest BCUT2D eigenvalue weighted by atomic mass is 16.4. The van der Waals surface area contributed by atoms with Gasteiger partial charge in [-0.2, -0.15) is 0 Å². The van der Waals surface area contributed by atoms with Crippen molar-refractivity contribution in [2.24, 2.45) is 62.1 Å². The molecule has 2 aliphatic heterocycles. The Morgan fingerprint density at radius 2 is 1.78 bits per heavy atom. The molecule has 0 aliphatic carbocycles. The smallest absolute Gasteiger partial charge is 0.248 e. The van der Waals surface area contributed by atoms with Crippen LogP contribution in [0.3, 0.4) is 0 Å². The van der Waals surface area contributed by atoms with Crippen LogP contribution in [0.1, 0.15) is 74.4 Å². The zero-order valence-electron chi connectivity index (χ0n) is 33.1. The zero-order valence-corrected chi connectivity index (χ0v) is 33.1. The van der Waals surface area contributed by atoms with Crippen LogP contribution in [0, 0.1) is 0 Å². The van der Waals surface area contributed by atoms with Crippen LogP contribution in [-0.2, 0) is 0 Å². The SMILES string of the molecule is CCCN=C(N=CN)c1ccc(-c2nnc(-c3ccc(C(N)=NC=NCC)c(C4=NC=NCN4)c3C(CC)N=CNC(C)N)o2)c(C2=NCNC=N2)c1-c1ncncn1. The summed E-state index contributed by atoms with van der Waals surface area (Å²) in [6, 6.07) is 6.86. The largest absolute Gasteiger partial charge is 0.416 e. The third-order valence-electron chi connectivity index (χ3n) is 8.69. The average molecular weight is 799 g/mol. The van der Waals surface area contributed by atoms with Crippen LogP contribution in [0.15, 0.2) is 86.3 Å². The number of hydrogen-bond donors (Lipinski definition) is 6. The molecule has 59 heavy (non-hydrogen) atoms. The first-order valence-electron chi connectivity index (χ1n) is 19.0. The van der Waals surface area contributed by atoms with E-state index in [1.807, 2.05) is 52.0 Å². The molecule has 0 spiro atoms. The van der Waals surface area contributed by atoms with Crippen LogP contribution in [-0.4, -0.2) is 113 Å². The number of rotatable bonds is 16. The van der Waals surface area contributed by atoms with Gasteiger partial charge >= 0.3 is 0 Å². The van der Waals surface area contributed by atoms with E-state index in [1.165, 1.54) is 31.7 Å². The topological polar surface area (TPSA) is 303 Å². The number of benzene rings is 2. The molecular weight excluding hydrogens is 753 g/mol. The number of nitrogens with one attached hydrogen (secondary N) is 3. The van der Waals surface area contributed by atoms with E-state index in [4.69, 9.17) is 36.6 Å². The van der Waals surface area contributed by atoms with E-state index in [2.05, 4.69) is 71.1 Å². The molecule has 2 aromatic carbocycles. The van der Waals surface area contributed by atoms with E-state index in [9.17, 15) is 0 Å². The van der Waals surface area contributed by atoms with Gasteiger partial charge in [0.15, 0.2) is 17.5 Å². The molecule has 21 nitrogen and oxygen atoms in total. The van der Waals surface area contributed by atoms with Crippen LogP contribution in [0.2, 0.25) is 0 Å². The number of nitrogens with two attached hydrogens (primary N) is 3. The molecule has 0 saturated heterocycles. The van der Waals surface area contributed by atoms with Crippen LogP contribution in [0.5, 0.6) is 0 Å². The predicted octanol–water partition coefficient (Wildman–Crippen LogP) is 2.20. The molecule has 4 heterocycles. The fourth-order valence-electron chi connectivity index (χ4n) is 6.15. The van der Waals surface area contributed by atoms with Crippen molar-refractivity contribution in [1.29, 1.82) is 0 Å². The first-order chi connectivity index (χ1) is 28.9. The average Bonchev–Trinajstić information content (AvgIpc) is 3.77. The Hall–Kier alpha value is -7.42. The highest BCUT2D eigenvalue weighted by molar-refractivity contribution is 6.18. The van der Waals surface area contributed by atoms with Crippen molar-refractivity contribution >= 4 is 55.0 Å². The number of amidine groups is 4. The number of hydrogen-bond acceptors (Lipinski definition) is 16. The van der Waals surface area contributed by atoms with Gasteiger partial charge in [-0.25, -0.2) is 39.9 Å². The number of aromatic nitrogens is 5. The van der Waals surface area contributed by atoms with Gasteiger partial charge in [0.05, 0.1) is 36.8 Å². The van der Waals surface area contributed by atoms with Crippen LogP contribution < -0.4 is 33.2 Å². The second kappa shape index (κ2) is 20.1. The predicted molar refractivity (Wildman–Crippen MR) is 232 cm³/mol. The molecule has 304 valence electrons. The third kappa shape index (κ3) is 9.59. The van der Waals surface area contributed by atoms with E-state index >= 15 is 0 Å². The summed E-state index contributed by atoms with van der Waals surface area (Å²) in [7, 11) is 0. The fourth-order valence-corrected chi connectivity index (χ4v) is 6.15. The van der Waals surface area contributed by atoms with Crippen molar-refractivity contribution in [3.05, 3.63) is 64.7 Å². The summed E-state index contributed by atoms with van der Waals surface area (Å²) in [6.45, 7) is 9.36. The van der Waals surface area contributed by atoms with Crippen LogP contribution >= 0.6 is 0 Å². The Bertz CT molecular complexity index is 2370. The van der Waals surface area contributed by atoms with Gasteiger partial charge < -0.3 is 37.6 Å². The molecule has 0 radical (unpaired) electrons. The van der Waals surface area contributed by atoms with Crippen molar-refractivity contribution in [3.63, 3.8) is 0 Å². The lowest BCUT2D eigenvalue weighted by Crippen LogP contribution is -2.33. The second-order valence-electron chi connectivity index (χ2n) is 12.7. The van der Waals surface area contributed by atoms with Gasteiger partial charge in [-0.05, 0) is 51.0 Å². The summed E-state index contributed by atoms with van der Waals surface area (Å²) >= 11 is 0. The lowest BCUT2D eigenvalue weighted by atomic mass is 9.88. The maximum Gasteiger partial charge on any atom is 0.248 e. The Morgan fingerprint density at radius 3 is 2.46 bits per heavy atom. The minimum atomic E-state index is -0.477. The Balaban J connectivity index is 1.63. The minimum absolute atomic E-state index is 0.159. The quantitative estimate of drug-likeness (QED) is 0.0540. The molecule has 0 fully saturated rings. The number of aliphatic imine (C=N–C) groups is 9. The maximum absolute atomic E-state index is 6.66. The summed E-state index contributed by atoms with van der Waals surface area (Å²) < 4.78 is 6.66. The molecule has 6 rings (SSSR count). The molecule has 2 unspecified atom stereocenters. The fraction of sp³-hybridized carbons (Fsp3) is 0.316. The van der Waals surface area contributed by atoms with Crippen LogP contribution in [0.25, 0.3) is 34.3 Å². The van der Waals surface area contributed by atoms with Gasteiger partial charge in [-0.15, -0.1) is 10.2 Å². The van der Waals surface area contributed by atoms with Crippen molar-refractivity contribution < 1.29 is 4.42 Å². The molecule has 21 heteroatoms. The van der Waals surface area contributed by atoms with Crippen molar-refractivity contribution in [3.8, 4) is 34.3 Å². The molecule has 2 atom stereocenters. The Kier molecular flexibility index (Phi) is 14.1. The van der Waals surface area contributed by atoms with E-state index in [0.29, 0.717) is 94.0 Å². The first-order valence-corrected chi connectivity index (χ1v) is 19.0. The van der Waals surface area contributed by atoms with Gasteiger partial charge in [-0.3, -0.25) is 20.0 Å². The molecule has 2 aromatic heterocycles. The number of nitrogens with zero attached hydrogens (tertiary/aromatic N) is 14. The summed E-state index contributed by atoms with van der Waals surface area (Å²) in [6.07, 6.45) is 11.1. The summed E-state index contributed by atoms with van der Waals surface area (Å²) in [5.74, 6) is 2.13. The van der Waals surface area contributed by atoms with E-state index < -0.39 is 6.04 Å². The summed E-state index contributed by atoms with van der Waals surface area (Å²) in [4.78, 5) is 53.9. The second-order valence-corrected chi connectivity index (χ2v) is 12.7. The molecule has 4 aromatic rings. The monoisotopic (exact) mass is 798 g/mol. The first kappa shape index (κ1) is 41.2. The lowest BCUT2D eigenvalue weighted by molar-refractivity contribution is 0.581. The third-order valence-corrected chi connectivity index (χ3v) is 8.69. The maximum atomic E-state index is 6.66. The van der Waals surface area contributed by atoms with Gasteiger partial charge in [-0.1, -0.05) is 13.8 Å². The zero-order chi connectivity index (χ0) is 41.6. The normalized spacial score (nSPS) is 15.7. The summed E-state index contributed by atoms with van der Waals surface area (Å²) in [5, 5.41) is 18.6. The van der Waals surface area contributed by atoms with Crippen molar-refractivity contribution in [2.45, 2.75) is 52.7 Å². The van der Waals surface area contributed by atoms with Gasteiger partial charge in [0.25, 0.3) is 0 Å². The summed E-state index contributed by atoms with van der Waals surface area (Å²) in [5.41, 5.74) is 23.1. The molecule has 0 amide bonds. The van der Waals surface area contributed by atoms with Gasteiger partial charge in [0.1, 0.15) is 50.3 Å². The molecule has 0 saturated carbocycles. The molecular formula is C38H46N20O. The standard InChI is InChI=1S/C38H46N20O/c1-5-12-46-33(47-13-39)24-9-11-26(31(36-55-19-45-20-56-36)30(24)35-53-17-44-18-54-35)38-58-57-37(59-38)25-10-8-23(32(41)50-14-42-7-3)29(34-51-15-43-16-52-34)28(25)27(6-2)49-21-48-22(4)40/h8-11,13-15,17-19,21-22,27H,5-7,12,16,20,40H2,1-4H3,(H,48,49)(H2,39,46,47)(H2,41,42,50)(H,43,51,52)(H,45,55,56). The van der Waals surface area contributed by atoms with E-state index in [-0.39, 0.29) is 30.5 Å². The Morgan fingerprint density at radius 1 is 1.00 bits per heavy atom. The van der Waals surface area contributed by atoms with Gasteiger partial charge in [0.2, 0.25) is 11.8 Å². The van der Waals surface area contributed by atoms with E-state index in [0.717, 1.165) is 6.42 Å². The highest BCUT2D eigenvalue weighted by Gasteiger charge is 2.31. The van der Waals surface area contributed by atoms with Gasteiger partial charge in [0, 0.05) is 52.0 Å². The lowest BCUT2D eigenvalue weighted by Gasteiger charge is -2.23.